The van der Waals surface area contributed by atoms with Crippen LogP contribution < -0.4 is 0 Å². The first-order valence-electron chi connectivity index (χ1n) is 6.58. The highest BCUT2D eigenvalue weighted by atomic mass is 35.5. The van der Waals surface area contributed by atoms with E-state index in [1.54, 1.807) is 30.0 Å². The number of amides is 1. The molecule has 0 N–H and O–H groups in total. The van der Waals surface area contributed by atoms with E-state index in [4.69, 9.17) is 16.3 Å². The van der Waals surface area contributed by atoms with Gasteiger partial charge < -0.3 is 9.64 Å². The fourth-order valence-electron chi connectivity index (χ4n) is 2.36. The number of hydrogen-bond donors (Lipinski definition) is 0. The van der Waals surface area contributed by atoms with Gasteiger partial charge in [-0.1, -0.05) is 29.8 Å². The number of allylic oxidation sites excluding steroid dienone is 1. The largest absolute Gasteiger partial charge is 0.465 e. The number of likely N-dealkylation sites (N-methyl/N-ethyl adjacent to an activating group) is 1. The second-order valence-corrected chi connectivity index (χ2v) is 4.99. The molecule has 1 aliphatic rings. The van der Waals surface area contributed by atoms with Gasteiger partial charge in [0, 0.05) is 17.3 Å². The first-order valence-corrected chi connectivity index (χ1v) is 6.96. The van der Waals surface area contributed by atoms with Crippen LogP contribution >= 0.6 is 11.6 Å². The molecule has 0 unspecified atom stereocenters. The average molecular weight is 306 g/mol. The number of halogens is 1. The van der Waals surface area contributed by atoms with Crippen LogP contribution in [0.1, 0.15) is 19.4 Å². The SMILES string of the molecule is CCN1C(=O)/C(=C\c2ccccc2Cl)C(C(=O)OC)=C1C. The fraction of sp³-hybridized carbons (Fsp3) is 0.250. The highest BCUT2D eigenvalue weighted by molar-refractivity contribution is 6.32. The Labute approximate surface area is 128 Å². The van der Waals surface area contributed by atoms with Crippen molar-refractivity contribution in [3.8, 4) is 0 Å². The summed E-state index contributed by atoms with van der Waals surface area (Å²) in [5, 5.41) is 0.523. The Morgan fingerprint density at radius 1 is 1.38 bits per heavy atom. The maximum absolute atomic E-state index is 12.5. The predicted octanol–water partition coefficient (Wildman–Crippen LogP) is 3.03. The Kier molecular flexibility index (Phi) is 4.48. The Hall–Kier alpha value is -2.07. The Balaban J connectivity index is 2.58. The summed E-state index contributed by atoms with van der Waals surface area (Å²) >= 11 is 6.12. The third-order valence-corrected chi connectivity index (χ3v) is 3.77. The van der Waals surface area contributed by atoms with Crippen molar-refractivity contribution in [2.75, 3.05) is 13.7 Å². The van der Waals surface area contributed by atoms with Crippen molar-refractivity contribution in [2.45, 2.75) is 13.8 Å². The van der Waals surface area contributed by atoms with Gasteiger partial charge in [-0.15, -0.1) is 0 Å². The molecule has 0 saturated carbocycles. The number of methoxy groups -OCH3 is 1. The molecule has 1 heterocycles. The lowest BCUT2D eigenvalue weighted by molar-refractivity contribution is -0.136. The van der Waals surface area contributed by atoms with Crippen LogP contribution in [-0.2, 0) is 14.3 Å². The Morgan fingerprint density at radius 2 is 2.05 bits per heavy atom. The zero-order valence-corrected chi connectivity index (χ0v) is 12.9. The van der Waals surface area contributed by atoms with Crippen molar-refractivity contribution in [2.24, 2.45) is 0 Å². The molecule has 1 amide bonds. The van der Waals surface area contributed by atoms with Gasteiger partial charge in [0.25, 0.3) is 5.91 Å². The molecule has 0 radical (unpaired) electrons. The second-order valence-electron chi connectivity index (χ2n) is 4.58. The minimum absolute atomic E-state index is 0.213. The van der Waals surface area contributed by atoms with Crippen LogP contribution in [0.25, 0.3) is 6.08 Å². The summed E-state index contributed by atoms with van der Waals surface area (Å²) in [7, 11) is 1.30. The molecule has 1 aromatic rings. The van der Waals surface area contributed by atoms with E-state index >= 15 is 0 Å². The number of carbonyl (C=O) groups is 2. The lowest BCUT2D eigenvalue weighted by atomic mass is 10.0. The van der Waals surface area contributed by atoms with Crippen molar-refractivity contribution >= 4 is 29.6 Å². The first-order chi connectivity index (χ1) is 10.0. The summed E-state index contributed by atoms with van der Waals surface area (Å²) in [4.78, 5) is 26.0. The van der Waals surface area contributed by atoms with E-state index < -0.39 is 5.97 Å². The molecule has 1 aromatic carbocycles. The van der Waals surface area contributed by atoms with E-state index in [0.717, 1.165) is 0 Å². The lowest BCUT2D eigenvalue weighted by Gasteiger charge is -2.14. The predicted molar refractivity (Wildman–Crippen MR) is 81.5 cm³/mol. The van der Waals surface area contributed by atoms with E-state index in [2.05, 4.69) is 0 Å². The standard InChI is InChI=1S/C16H16ClNO3/c1-4-18-10(2)14(16(20)21-3)12(15(18)19)9-11-7-5-6-8-13(11)17/h5-9H,4H2,1-3H3/b12-9-. The Bertz CT molecular complexity index is 661. The van der Waals surface area contributed by atoms with Gasteiger partial charge in [-0.3, -0.25) is 4.79 Å². The normalized spacial score (nSPS) is 16.9. The van der Waals surface area contributed by atoms with Crippen LogP contribution in [0.5, 0.6) is 0 Å². The van der Waals surface area contributed by atoms with Crippen molar-refractivity contribution in [3.63, 3.8) is 0 Å². The zero-order valence-electron chi connectivity index (χ0n) is 12.1. The number of rotatable bonds is 3. The number of esters is 1. The summed E-state index contributed by atoms with van der Waals surface area (Å²) in [5.41, 5.74) is 1.90. The maximum atomic E-state index is 12.5. The molecule has 0 aliphatic carbocycles. The molecule has 1 aliphatic heterocycles. The van der Waals surface area contributed by atoms with Gasteiger partial charge in [-0.05, 0) is 31.6 Å². The van der Waals surface area contributed by atoms with Crippen LogP contribution in [0.15, 0.2) is 41.1 Å². The molecule has 2 rings (SSSR count). The molecule has 4 nitrogen and oxygen atoms in total. The van der Waals surface area contributed by atoms with Crippen molar-refractivity contribution in [1.29, 1.82) is 0 Å². The summed E-state index contributed by atoms with van der Waals surface area (Å²) in [6.07, 6.45) is 1.63. The molecule has 0 fully saturated rings. The summed E-state index contributed by atoms with van der Waals surface area (Å²) in [6.45, 7) is 4.08. The van der Waals surface area contributed by atoms with Gasteiger partial charge in [0.15, 0.2) is 0 Å². The highest BCUT2D eigenvalue weighted by Crippen LogP contribution is 2.32. The van der Waals surface area contributed by atoms with Gasteiger partial charge in [0.05, 0.1) is 18.3 Å². The summed E-state index contributed by atoms with van der Waals surface area (Å²) < 4.78 is 4.79. The first kappa shape index (κ1) is 15.3. The molecule has 0 spiro atoms. The smallest absolute Gasteiger partial charge is 0.340 e. The van der Waals surface area contributed by atoms with Crippen LogP contribution in [0.4, 0.5) is 0 Å². The summed E-state index contributed by atoms with van der Waals surface area (Å²) in [6, 6.07) is 7.16. The van der Waals surface area contributed by atoms with Crippen LogP contribution in [0.3, 0.4) is 0 Å². The molecule has 0 bridgehead atoms. The molecular formula is C16H16ClNO3. The monoisotopic (exact) mass is 305 g/mol. The molecule has 0 atom stereocenters. The number of carbonyl (C=O) groups excluding carboxylic acids is 2. The average Bonchev–Trinajstić information content (AvgIpc) is 2.71. The minimum Gasteiger partial charge on any atom is -0.465 e. The number of benzene rings is 1. The quantitative estimate of drug-likeness (QED) is 0.637. The van der Waals surface area contributed by atoms with E-state index in [9.17, 15) is 9.59 Å². The van der Waals surface area contributed by atoms with Crippen LogP contribution in [-0.4, -0.2) is 30.4 Å². The lowest BCUT2D eigenvalue weighted by Crippen LogP contribution is -2.24. The minimum atomic E-state index is -0.518. The van der Waals surface area contributed by atoms with Crippen molar-refractivity contribution in [1.82, 2.24) is 4.90 Å². The highest BCUT2D eigenvalue weighted by Gasteiger charge is 2.36. The van der Waals surface area contributed by atoms with Crippen LogP contribution in [0, 0.1) is 0 Å². The van der Waals surface area contributed by atoms with E-state index in [0.29, 0.717) is 34.0 Å². The van der Waals surface area contributed by atoms with E-state index in [1.807, 2.05) is 19.1 Å². The number of nitrogens with zero attached hydrogens (tertiary/aromatic N) is 1. The van der Waals surface area contributed by atoms with Gasteiger partial charge in [0.2, 0.25) is 0 Å². The van der Waals surface area contributed by atoms with Gasteiger partial charge in [0.1, 0.15) is 0 Å². The third-order valence-electron chi connectivity index (χ3n) is 3.42. The second kappa shape index (κ2) is 6.14. The topological polar surface area (TPSA) is 46.6 Å². The maximum Gasteiger partial charge on any atom is 0.340 e. The van der Waals surface area contributed by atoms with E-state index in [-0.39, 0.29) is 5.91 Å². The van der Waals surface area contributed by atoms with Crippen LogP contribution in [0.2, 0.25) is 5.02 Å². The van der Waals surface area contributed by atoms with Gasteiger partial charge in [-0.25, -0.2) is 4.79 Å². The zero-order chi connectivity index (χ0) is 15.6. The summed E-state index contributed by atoms with van der Waals surface area (Å²) in [5.74, 6) is -0.731. The molecule has 0 saturated heterocycles. The molecule has 110 valence electrons. The van der Waals surface area contributed by atoms with Crippen molar-refractivity contribution < 1.29 is 14.3 Å². The number of ether oxygens (including phenoxy) is 1. The number of hydrogen-bond acceptors (Lipinski definition) is 3. The third kappa shape index (κ3) is 2.72. The molecule has 0 aromatic heterocycles. The fourth-order valence-corrected chi connectivity index (χ4v) is 2.55. The molecule has 21 heavy (non-hydrogen) atoms. The van der Waals surface area contributed by atoms with Gasteiger partial charge in [-0.2, -0.15) is 0 Å². The van der Waals surface area contributed by atoms with Crippen molar-refractivity contribution in [3.05, 3.63) is 51.7 Å². The molecular weight excluding hydrogens is 290 g/mol. The van der Waals surface area contributed by atoms with Gasteiger partial charge >= 0.3 is 5.97 Å². The van der Waals surface area contributed by atoms with E-state index in [1.165, 1.54) is 7.11 Å². The Morgan fingerprint density at radius 3 is 2.62 bits per heavy atom. The molecule has 5 heteroatoms.